The highest BCUT2D eigenvalue weighted by Gasteiger charge is 2.41. The van der Waals surface area contributed by atoms with Crippen LogP contribution in [0.3, 0.4) is 0 Å². The highest BCUT2D eigenvalue weighted by molar-refractivity contribution is 6.05. The van der Waals surface area contributed by atoms with E-state index in [1.54, 1.807) is 6.07 Å². The van der Waals surface area contributed by atoms with Gasteiger partial charge in [0.1, 0.15) is 11.9 Å². The lowest BCUT2D eigenvalue weighted by atomic mass is 9.90. The van der Waals surface area contributed by atoms with Crippen molar-refractivity contribution in [2.75, 3.05) is 18.0 Å². The van der Waals surface area contributed by atoms with E-state index in [0.29, 0.717) is 29.8 Å². The summed E-state index contributed by atoms with van der Waals surface area (Å²) >= 11 is 0. The Morgan fingerprint density at radius 1 is 1.12 bits per heavy atom. The van der Waals surface area contributed by atoms with Crippen LogP contribution in [0.5, 0.6) is 0 Å². The molecule has 1 aromatic rings. The fraction of sp³-hybridized carbons (Fsp3) is 0.500. The van der Waals surface area contributed by atoms with Crippen LogP contribution in [0.15, 0.2) is 12.1 Å². The second-order valence-electron chi connectivity index (χ2n) is 7.56. The van der Waals surface area contributed by atoms with Crippen LogP contribution in [0, 0.1) is 5.82 Å². The predicted octanol–water partition coefficient (Wildman–Crippen LogP) is 0.137. The zero-order valence-corrected chi connectivity index (χ0v) is 14.1. The number of halogens is 1. The van der Waals surface area contributed by atoms with Crippen LogP contribution < -0.4 is 15.5 Å². The van der Waals surface area contributed by atoms with E-state index in [0.717, 1.165) is 25.1 Å². The largest absolute Gasteiger partial charge is 0.366 e. The Labute approximate surface area is 149 Å². The molecule has 5 heterocycles. The first-order valence-electron chi connectivity index (χ1n) is 8.97. The van der Waals surface area contributed by atoms with Crippen LogP contribution in [-0.4, -0.2) is 53.8 Å². The summed E-state index contributed by atoms with van der Waals surface area (Å²) in [5.41, 5.74) is 1.58. The Morgan fingerprint density at radius 3 is 2.54 bits per heavy atom. The number of imide groups is 1. The molecule has 0 aromatic heterocycles. The fourth-order valence-electron chi connectivity index (χ4n) is 4.53. The van der Waals surface area contributed by atoms with Crippen molar-refractivity contribution >= 4 is 23.4 Å². The molecule has 3 atom stereocenters. The minimum atomic E-state index is -0.675. The van der Waals surface area contributed by atoms with Crippen LogP contribution in [0.1, 0.15) is 35.2 Å². The molecule has 26 heavy (non-hydrogen) atoms. The van der Waals surface area contributed by atoms with Gasteiger partial charge in [-0.15, -0.1) is 0 Å². The van der Waals surface area contributed by atoms with Crippen LogP contribution in [0.2, 0.25) is 0 Å². The lowest BCUT2D eigenvalue weighted by Crippen LogP contribution is -2.67. The number of piperidine rings is 2. The molecule has 6 rings (SSSR count). The third-order valence-electron chi connectivity index (χ3n) is 5.85. The maximum atomic E-state index is 14.7. The molecule has 5 aliphatic heterocycles. The van der Waals surface area contributed by atoms with Crippen molar-refractivity contribution in [2.24, 2.45) is 0 Å². The van der Waals surface area contributed by atoms with E-state index in [2.05, 4.69) is 10.6 Å². The van der Waals surface area contributed by atoms with Crippen molar-refractivity contribution in [3.8, 4) is 0 Å². The van der Waals surface area contributed by atoms with Crippen LogP contribution >= 0.6 is 0 Å². The quantitative estimate of drug-likeness (QED) is 0.735. The first kappa shape index (κ1) is 15.7. The van der Waals surface area contributed by atoms with E-state index in [9.17, 15) is 18.8 Å². The molecule has 2 N–H and O–H groups in total. The number of piperazine rings is 1. The van der Waals surface area contributed by atoms with Gasteiger partial charge < -0.3 is 15.1 Å². The fourth-order valence-corrected chi connectivity index (χ4v) is 4.53. The minimum Gasteiger partial charge on any atom is -0.366 e. The zero-order chi connectivity index (χ0) is 18.0. The first-order chi connectivity index (χ1) is 12.5. The highest BCUT2D eigenvalue weighted by Crippen LogP contribution is 2.34. The van der Waals surface area contributed by atoms with E-state index in [1.165, 1.54) is 11.0 Å². The van der Waals surface area contributed by atoms with Crippen molar-refractivity contribution in [1.29, 1.82) is 0 Å². The van der Waals surface area contributed by atoms with Crippen LogP contribution in [-0.2, 0) is 16.1 Å². The Balaban J connectivity index is 1.42. The highest BCUT2D eigenvalue weighted by atomic mass is 19.1. The van der Waals surface area contributed by atoms with Crippen molar-refractivity contribution in [2.45, 2.75) is 43.9 Å². The summed E-state index contributed by atoms with van der Waals surface area (Å²) < 4.78 is 14.7. The number of anilines is 1. The lowest BCUT2D eigenvalue weighted by Gasteiger charge is -2.49. The molecule has 3 amide bonds. The molecular weight excluding hydrogens is 339 g/mol. The van der Waals surface area contributed by atoms with E-state index in [1.807, 2.05) is 4.90 Å². The Hall–Kier alpha value is -2.48. The van der Waals surface area contributed by atoms with Crippen molar-refractivity contribution < 1.29 is 18.8 Å². The maximum Gasteiger partial charge on any atom is 0.255 e. The van der Waals surface area contributed by atoms with Gasteiger partial charge in [-0.3, -0.25) is 19.7 Å². The molecule has 0 aliphatic carbocycles. The average Bonchev–Trinajstić information content (AvgIpc) is 2.90. The summed E-state index contributed by atoms with van der Waals surface area (Å²) in [5.74, 6) is -1.52. The van der Waals surface area contributed by atoms with Gasteiger partial charge in [0, 0.05) is 43.7 Å². The predicted molar refractivity (Wildman–Crippen MR) is 90.0 cm³/mol. The molecule has 7 nitrogen and oxygen atoms in total. The van der Waals surface area contributed by atoms with E-state index >= 15 is 0 Å². The van der Waals surface area contributed by atoms with Crippen LogP contribution in [0.4, 0.5) is 10.1 Å². The smallest absolute Gasteiger partial charge is 0.255 e. The van der Waals surface area contributed by atoms with Crippen molar-refractivity contribution in [3.05, 3.63) is 29.1 Å². The van der Waals surface area contributed by atoms with Gasteiger partial charge in [-0.05, 0) is 30.5 Å². The second kappa shape index (κ2) is 5.51. The molecule has 2 bridgehead atoms. The summed E-state index contributed by atoms with van der Waals surface area (Å²) in [5, 5.41) is 5.69. The number of hydrogen-bond donors (Lipinski definition) is 2. The summed E-state index contributed by atoms with van der Waals surface area (Å²) in [7, 11) is 0. The average molecular weight is 358 g/mol. The van der Waals surface area contributed by atoms with Crippen molar-refractivity contribution in [3.63, 3.8) is 0 Å². The molecular formula is C18H19FN4O3. The number of fused-ring (bicyclic) bond motifs is 3. The Morgan fingerprint density at radius 2 is 1.85 bits per heavy atom. The number of hydrogen-bond acceptors (Lipinski definition) is 5. The lowest BCUT2D eigenvalue weighted by molar-refractivity contribution is -0.136. The Kier molecular flexibility index (Phi) is 3.34. The van der Waals surface area contributed by atoms with Gasteiger partial charge in [-0.25, -0.2) is 4.39 Å². The second-order valence-corrected chi connectivity index (χ2v) is 7.56. The van der Waals surface area contributed by atoms with E-state index in [-0.39, 0.29) is 24.8 Å². The van der Waals surface area contributed by atoms with E-state index < -0.39 is 17.8 Å². The molecule has 4 saturated heterocycles. The van der Waals surface area contributed by atoms with Gasteiger partial charge in [-0.2, -0.15) is 0 Å². The molecule has 8 heteroatoms. The summed E-state index contributed by atoms with van der Waals surface area (Å²) in [4.78, 5) is 39.6. The van der Waals surface area contributed by atoms with Gasteiger partial charge in [-0.1, -0.05) is 0 Å². The Bertz CT molecular complexity index is 826. The standard InChI is InChI=1S/C18H19FN4O3/c19-13-5-12-9(3-15(13)22-7-10-4-11(8-22)20-10)6-23(18(12)26)14-1-2-16(24)21-17(14)25/h3,5,10-11,14,20H,1-2,4,6-8H2,(H,21,24,25). The molecule has 0 saturated carbocycles. The maximum absolute atomic E-state index is 14.7. The molecule has 5 aliphatic rings. The number of rotatable bonds is 2. The number of nitrogens with zero attached hydrogens (tertiary/aromatic N) is 2. The van der Waals surface area contributed by atoms with Gasteiger partial charge in [0.2, 0.25) is 11.8 Å². The van der Waals surface area contributed by atoms with Gasteiger partial charge in [0.15, 0.2) is 0 Å². The number of carbonyl (C=O) groups excluding carboxylic acids is 3. The van der Waals surface area contributed by atoms with Gasteiger partial charge >= 0.3 is 0 Å². The number of carbonyl (C=O) groups is 3. The summed E-state index contributed by atoms with van der Waals surface area (Å²) in [6, 6.07) is 3.18. The van der Waals surface area contributed by atoms with Crippen LogP contribution in [0.25, 0.3) is 0 Å². The molecule has 3 unspecified atom stereocenters. The third-order valence-corrected chi connectivity index (χ3v) is 5.85. The number of nitrogens with one attached hydrogen (secondary N) is 2. The van der Waals surface area contributed by atoms with Gasteiger partial charge in [0.05, 0.1) is 5.69 Å². The summed E-state index contributed by atoms with van der Waals surface area (Å²) in [6.07, 6.45) is 1.64. The SMILES string of the molecule is O=C1CCC(N2Cc3cc(N4CC5CC(C4)N5)c(F)cc3C2=O)C(=O)N1. The zero-order valence-electron chi connectivity index (χ0n) is 14.1. The molecule has 1 aromatic carbocycles. The topological polar surface area (TPSA) is 81.8 Å². The molecule has 4 fully saturated rings. The monoisotopic (exact) mass is 358 g/mol. The third kappa shape index (κ3) is 2.32. The van der Waals surface area contributed by atoms with Gasteiger partial charge in [0.25, 0.3) is 5.91 Å². The summed E-state index contributed by atoms with van der Waals surface area (Å²) in [6.45, 7) is 1.79. The number of amides is 3. The van der Waals surface area contributed by atoms with E-state index in [4.69, 9.17) is 0 Å². The van der Waals surface area contributed by atoms with Crippen molar-refractivity contribution in [1.82, 2.24) is 15.5 Å². The normalized spacial score (nSPS) is 30.2. The minimum absolute atomic E-state index is 0.208. The molecule has 0 spiro atoms. The number of benzene rings is 1. The molecule has 0 radical (unpaired) electrons. The molecule has 136 valence electrons. The first-order valence-corrected chi connectivity index (χ1v) is 8.97.